The Bertz CT molecular complexity index is 250. The fraction of sp³-hybridized carbons (Fsp3) is 0.929. The average molecular weight is 258 g/mol. The van der Waals surface area contributed by atoms with E-state index in [1.54, 1.807) is 6.92 Å². The van der Waals surface area contributed by atoms with Crippen molar-refractivity contribution in [2.75, 3.05) is 6.54 Å². The van der Waals surface area contributed by atoms with Gasteiger partial charge in [-0.15, -0.1) is 0 Å². The number of aliphatic hydroxyl groups is 1. The summed E-state index contributed by atoms with van der Waals surface area (Å²) in [7, 11) is 0. The number of carbonyl (C=O) groups is 1. The van der Waals surface area contributed by atoms with Gasteiger partial charge < -0.3 is 16.2 Å². The first kappa shape index (κ1) is 17.4. The molecule has 108 valence electrons. The van der Waals surface area contributed by atoms with Gasteiger partial charge in [0.15, 0.2) is 0 Å². The zero-order chi connectivity index (χ0) is 14.3. The number of amides is 1. The summed E-state index contributed by atoms with van der Waals surface area (Å²) in [5.41, 5.74) is 5.01. The summed E-state index contributed by atoms with van der Waals surface area (Å²) in [6.07, 6.45) is 1.76. The second-order valence-corrected chi connectivity index (χ2v) is 6.07. The molecule has 2 unspecified atom stereocenters. The molecule has 0 radical (unpaired) electrons. The summed E-state index contributed by atoms with van der Waals surface area (Å²) in [6, 6.07) is 0. The summed E-state index contributed by atoms with van der Waals surface area (Å²) in [6.45, 7) is 10.3. The van der Waals surface area contributed by atoms with E-state index >= 15 is 0 Å². The van der Waals surface area contributed by atoms with Crippen molar-refractivity contribution in [2.45, 2.75) is 65.5 Å². The number of nitrogens with two attached hydrogens (primary N) is 1. The van der Waals surface area contributed by atoms with E-state index < -0.39 is 11.6 Å². The van der Waals surface area contributed by atoms with Crippen LogP contribution in [0.3, 0.4) is 0 Å². The van der Waals surface area contributed by atoms with Crippen LogP contribution in [0.4, 0.5) is 0 Å². The molecular formula is C14H30N2O2. The maximum atomic E-state index is 11.8. The predicted octanol–water partition coefficient (Wildman–Crippen LogP) is 1.66. The monoisotopic (exact) mass is 258 g/mol. The van der Waals surface area contributed by atoms with Gasteiger partial charge in [0.2, 0.25) is 5.91 Å². The van der Waals surface area contributed by atoms with Gasteiger partial charge >= 0.3 is 0 Å². The van der Waals surface area contributed by atoms with Crippen LogP contribution >= 0.6 is 0 Å². The Morgan fingerprint density at radius 2 is 1.83 bits per heavy atom. The molecular weight excluding hydrogens is 228 g/mol. The fourth-order valence-corrected chi connectivity index (χ4v) is 1.87. The van der Waals surface area contributed by atoms with E-state index in [1.165, 1.54) is 0 Å². The quantitative estimate of drug-likeness (QED) is 0.620. The summed E-state index contributed by atoms with van der Waals surface area (Å²) in [5.74, 6) is 1.05. The molecule has 4 nitrogen and oxygen atoms in total. The minimum absolute atomic E-state index is 0.00331. The first-order valence-corrected chi connectivity index (χ1v) is 6.89. The van der Waals surface area contributed by atoms with Gasteiger partial charge in [-0.3, -0.25) is 4.79 Å². The molecule has 0 fully saturated rings. The van der Waals surface area contributed by atoms with Crippen molar-refractivity contribution in [3.63, 3.8) is 0 Å². The molecule has 0 rings (SSSR count). The fourth-order valence-electron chi connectivity index (χ4n) is 1.87. The Kier molecular flexibility index (Phi) is 7.48. The van der Waals surface area contributed by atoms with Crippen molar-refractivity contribution < 1.29 is 9.90 Å². The standard InChI is InChI=1S/C14H30N2O2/c1-10(2)12(8-9-15)6-7-13(18)16-14(4,5)11(3)17/h10-12,17H,6-9,15H2,1-5H3,(H,16,18). The Hall–Kier alpha value is -0.610. The predicted molar refractivity (Wildman–Crippen MR) is 75.1 cm³/mol. The van der Waals surface area contributed by atoms with Crippen LogP contribution in [0.1, 0.15) is 53.9 Å². The van der Waals surface area contributed by atoms with Gasteiger partial charge in [0, 0.05) is 6.42 Å². The summed E-state index contributed by atoms with van der Waals surface area (Å²) >= 11 is 0. The highest BCUT2D eigenvalue weighted by Crippen LogP contribution is 2.20. The van der Waals surface area contributed by atoms with Gasteiger partial charge in [-0.2, -0.15) is 0 Å². The SMILES string of the molecule is CC(C)C(CCN)CCC(=O)NC(C)(C)C(C)O. The third-order valence-corrected chi connectivity index (χ3v) is 3.73. The highest BCUT2D eigenvalue weighted by Gasteiger charge is 2.26. The largest absolute Gasteiger partial charge is 0.391 e. The molecule has 0 heterocycles. The zero-order valence-corrected chi connectivity index (χ0v) is 12.5. The number of carbonyl (C=O) groups excluding carboxylic acids is 1. The molecule has 0 aromatic rings. The lowest BCUT2D eigenvalue weighted by atomic mass is 9.88. The van der Waals surface area contributed by atoms with Crippen LogP contribution in [-0.2, 0) is 4.79 Å². The van der Waals surface area contributed by atoms with Crippen molar-refractivity contribution in [2.24, 2.45) is 17.6 Å². The first-order chi connectivity index (χ1) is 8.20. The van der Waals surface area contributed by atoms with E-state index in [9.17, 15) is 9.90 Å². The van der Waals surface area contributed by atoms with Gasteiger partial charge in [-0.1, -0.05) is 13.8 Å². The van der Waals surface area contributed by atoms with Crippen LogP contribution < -0.4 is 11.1 Å². The number of nitrogens with one attached hydrogen (secondary N) is 1. The molecule has 2 atom stereocenters. The van der Waals surface area contributed by atoms with Crippen LogP contribution in [0.5, 0.6) is 0 Å². The summed E-state index contributed by atoms with van der Waals surface area (Å²) < 4.78 is 0. The second-order valence-electron chi connectivity index (χ2n) is 6.07. The molecule has 0 saturated carbocycles. The highest BCUT2D eigenvalue weighted by atomic mass is 16.3. The van der Waals surface area contributed by atoms with Crippen molar-refractivity contribution in [3.8, 4) is 0 Å². The number of rotatable bonds is 8. The summed E-state index contributed by atoms with van der Waals surface area (Å²) in [5, 5.41) is 12.4. The highest BCUT2D eigenvalue weighted by molar-refractivity contribution is 5.76. The molecule has 0 aliphatic rings. The Labute approximate surface area is 111 Å². The van der Waals surface area contributed by atoms with Crippen molar-refractivity contribution in [1.29, 1.82) is 0 Å². The molecule has 0 saturated heterocycles. The minimum Gasteiger partial charge on any atom is -0.391 e. The molecule has 0 aliphatic heterocycles. The maximum absolute atomic E-state index is 11.8. The molecule has 0 spiro atoms. The molecule has 4 heteroatoms. The van der Waals surface area contributed by atoms with E-state index in [2.05, 4.69) is 19.2 Å². The molecule has 4 N–H and O–H groups in total. The molecule has 18 heavy (non-hydrogen) atoms. The average Bonchev–Trinajstić information content (AvgIpc) is 2.22. The van der Waals surface area contributed by atoms with Crippen LogP contribution in [-0.4, -0.2) is 29.2 Å². The Morgan fingerprint density at radius 3 is 2.22 bits per heavy atom. The zero-order valence-electron chi connectivity index (χ0n) is 12.5. The van der Waals surface area contributed by atoms with Crippen LogP contribution in [0.25, 0.3) is 0 Å². The van der Waals surface area contributed by atoms with Gasteiger partial charge in [-0.25, -0.2) is 0 Å². The van der Waals surface area contributed by atoms with Crippen LogP contribution in [0, 0.1) is 11.8 Å². The van der Waals surface area contributed by atoms with Gasteiger partial charge in [0.1, 0.15) is 0 Å². The number of hydrogen-bond acceptors (Lipinski definition) is 3. The Morgan fingerprint density at radius 1 is 1.28 bits per heavy atom. The summed E-state index contributed by atoms with van der Waals surface area (Å²) in [4.78, 5) is 11.8. The first-order valence-electron chi connectivity index (χ1n) is 6.89. The lowest BCUT2D eigenvalue weighted by Gasteiger charge is -2.30. The Balaban J connectivity index is 4.17. The topological polar surface area (TPSA) is 75.4 Å². The second kappa shape index (κ2) is 7.74. The molecule has 0 aromatic heterocycles. The number of hydrogen-bond donors (Lipinski definition) is 3. The van der Waals surface area contributed by atoms with E-state index in [-0.39, 0.29) is 5.91 Å². The lowest BCUT2D eigenvalue weighted by molar-refractivity contribution is -0.124. The van der Waals surface area contributed by atoms with E-state index in [4.69, 9.17) is 5.73 Å². The van der Waals surface area contributed by atoms with Crippen molar-refractivity contribution in [1.82, 2.24) is 5.32 Å². The van der Waals surface area contributed by atoms with Crippen molar-refractivity contribution >= 4 is 5.91 Å². The number of aliphatic hydroxyl groups excluding tert-OH is 1. The molecule has 0 aromatic carbocycles. The van der Waals surface area contributed by atoms with Gasteiger partial charge in [0.25, 0.3) is 0 Å². The van der Waals surface area contributed by atoms with Crippen molar-refractivity contribution in [3.05, 3.63) is 0 Å². The lowest BCUT2D eigenvalue weighted by Crippen LogP contribution is -2.51. The van der Waals surface area contributed by atoms with Gasteiger partial charge in [0.05, 0.1) is 11.6 Å². The molecule has 1 amide bonds. The smallest absolute Gasteiger partial charge is 0.220 e. The van der Waals surface area contributed by atoms with E-state index in [0.29, 0.717) is 24.8 Å². The van der Waals surface area contributed by atoms with Crippen LogP contribution in [0.2, 0.25) is 0 Å². The molecule has 0 bridgehead atoms. The normalized spacial score (nSPS) is 15.6. The third-order valence-electron chi connectivity index (χ3n) is 3.73. The third kappa shape index (κ3) is 6.36. The van der Waals surface area contributed by atoms with E-state index in [1.807, 2.05) is 13.8 Å². The minimum atomic E-state index is -0.571. The van der Waals surface area contributed by atoms with Gasteiger partial charge in [-0.05, 0) is 52.0 Å². The van der Waals surface area contributed by atoms with E-state index in [0.717, 1.165) is 12.8 Å². The van der Waals surface area contributed by atoms with Crippen LogP contribution in [0.15, 0.2) is 0 Å². The maximum Gasteiger partial charge on any atom is 0.220 e. The molecule has 0 aliphatic carbocycles.